The fraction of sp³-hybridized carbons (Fsp3) is 0.417. The molecular formula is C24H31N3O4S. The van der Waals surface area contributed by atoms with Crippen LogP contribution in [0.2, 0.25) is 0 Å². The molecular weight excluding hydrogens is 426 g/mol. The molecule has 3 rings (SSSR count). The second-order valence-electron chi connectivity index (χ2n) is 8.31. The van der Waals surface area contributed by atoms with E-state index in [4.69, 9.17) is 0 Å². The number of nitrogens with zero attached hydrogens (tertiary/aromatic N) is 1. The van der Waals surface area contributed by atoms with Crippen LogP contribution in [0.25, 0.3) is 0 Å². The van der Waals surface area contributed by atoms with Crippen molar-refractivity contribution in [1.82, 2.24) is 9.62 Å². The maximum atomic E-state index is 12.9. The SMILES string of the molecule is CCC(C)NC(=O)c1ccccc1NC(=O)C1CCN(S(=O)(=O)c2ccc(C)cc2)CC1. The molecule has 0 bridgehead atoms. The van der Waals surface area contributed by atoms with E-state index in [2.05, 4.69) is 10.6 Å². The third-order valence-electron chi connectivity index (χ3n) is 5.90. The molecule has 1 fully saturated rings. The first-order valence-electron chi connectivity index (χ1n) is 11.0. The number of carbonyl (C=O) groups is 2. The van der Waals surface area contributed by atoms with Crippen LogP contribution in [0.4, 0.5) is 5.69 Å². The number of para-hydroxylation sites is 1. The standard InChI is InChI=1S/C24H31N3O4S/c1-4-18(3)25-24(29)21-7-5-6-8-22(21)26-23(28)19-13-15-27(16-14-19)32(30,31)20-11-9-17(2)10-12-20/h5-12,18-19H,4,13-16H2,1-3H3,(H,25,29)(H,26,28). The van der Waals surface area contributed by atoms with Gasteiger partial charge in [0.15, 0.2) is 0 Å². The van der Waals surface area contributed by atoms with Crippen molar-refractivity contribution in [3.05, 3.63) is 59.7 Å². The van der Waals surface area contributed by atoms with Crippen LogP contribution in [0.15, 0.2) is 53.4 Å². The summed E-state index contributed by atoms with van der Waals surface area (Å²) in [4.78, 5) is 25.7. The molecule has 7 nitrogen and oxygen atoms in total. The third kappa shape index (κ3) is 5.55. The molecule has 1 saturated heterocycles. The van der Waals surface area contributed by atoms with Gasteiger partial charge in [-0.05, 0) is 57.4 Å². The lowest BCUT2D eigenvalue weighted by Crippen LogP contribution is -2.41. The molecule has 32 heavy (non-hydrogen) atoms. The molecule has 2 amide bonds. The van der Waals surface area contributed by atoms with Gasteiger partial charge in [-0.15, -0.1) is 0 Å². The zero-order valence-corrected chi connectivity index (χ0v) is 19.6. The zero-order valence-electron chi connectivity index (χ0n) is 18.8. The Morgan fingerprint density at radius 3 is 2.31 bits per heavy atom. The highest BCUT2D eigenvalue weighted by molar-refractivity contribution is 7.89. The molecule has 0 radical (unpaired) electrons. The Hall–Kier alpha value is -2.71. The monoisotopic (exact) mass is 457 g/mol. The number of rotatable bonds is 7. The molecule has 2 N–H and O–H groups in total. The topological polar surface area (TPSA) is 95.6 Å². The molecule has 0 aliphatic carbocycles. The first-order chi connectivity index (χ1) is 15.2. The minimum Gasteiger partial charge on any atom is -0.350 e. The highest BCUT2D eigenvalue weighted by Gasteiger charge is 2.32. The maximum absolute atomic E-state index is 12.9. The van der Waals surface area contributed by atoms with Gasteiger partial charge in [-0.2, -0.15) is 4.31 Å². The number of carbonyl (C=O) groups excluding carboxylic acids is 2. The summed E-state index contributed by atoms with van der Waals surface area (Å²) >= 11 is 0. The Labute approximate surface area is 190 Å². The second kappa shape index (κ2) is 10.3. The van der Waals surface area contributed by atoms with Crippen molar-refractivity contribution in [2.75, 3.05) is 18.4 Å². The van der Waals surface area contributed by atoms with Crippen molar-refractivity contribution in [1.29, 1.82) is 0 Å². The number of piperidine rings is 1. The fourth-order valence-corrected chi connectivity index (χ4v) is 5.12. The minimum absolute atomic E-state index is 0.0334. The highest BCUT2D eigenvalue weighted by Crippen LogP contribution is 2.26. The van der Waals surface area contributed by atoms with Gasteiger partial charge < -0.3 is 10.6 Å². The summed E-state index contributed by atoms with van der Waals surface area (Å²) in [6, 6.07) is 13.7. The maximum Gasteiger partial charge on any atom is 0.253 e. The van der Waals surface area contributed by atoms with E-state index in [-0.39, 0.29) is 41.8 Å². The number of anilines is 1. The van der Waals surface area contributed by atoms with Crippen LogP contribution >= 0.6 is 0 Å². The Morgan fingerprint density at radius 2 is 1.69 bits per heavy atom. The summed E-state index contributed by atoms with van der Waals surface area (Å²) in [7, 11) is -3.57. The first kappa shape index (κ1) is 23.9. The molecule has 172 valence electrons. The molecule has 1 atom stereocenters. The fourth-order valence-electron chi connectivity index (χ4n) is 3.65. The Kier molecular flexibility index (Phi) is 7.69. The van der Waals surface area contributed by atoms with Crippen LogP contribution in [0, 0.1) is 12.8 Å². The summed E-state index contributed by atoms with van der Waals surface area (Å²) in [6.45, 7) is 6.39. The molecule has 8 heteroatoms. The van der Waals surface area contributed by atoms with E-state index in [0.29, 0.717) is 24.1 Å². The molecule has 2 aromatic carbocycles. The predicted octanol–water partition coefficient (Wildman–Crippen LogP) is 3.56. The highest BCUT2D eigenvalue weighted by atomic mass is 32.2. The Bertz CT molecular complexity index is 1060. The number of aryl methyl sites for hydroxylation is 1. The van der Waals surface area contributed by atoms with Crippen LogP contribution < -0.4 is 10.6 Å². The second-order valence-corrected chi connectivity index (χ2v) is 10.2. The number of benzene rings is 2. The average molecular weight is 458 g/mol. The van der Waals surface area contributed by atoms with Gasteiger partial charge in [0, 0.05) is 25.0 Å². The van der Waals surface area contributed by atoms with Crippen LogP contribution in [-0.2, 0) is 14.8 Å². The van der Waals surface area contributed by atoms with Gasteiger partial charge in [-0.1, -0.05) is 36.8 Å². The van der Waals surface area contributed by atoms with Gasteiger partial charge in [-0.25, -0.2) is 8.42 Å². The largest absolute Gasteiger partial charge is 0.350 e. The van der Waals surface area contributed by atoms with E-state index >= 15 is 0 Å². The summed E-state index contributed by atoms with van der Waals surface area (Å²) in [5.41, 5.74) is 1.88. The predicted molar refractivity (Wildman–Crippen MR) is 125 cm³/mol. The summed E-state index contributed by atoms with van der Waals surface area (Å²) < 4.78 is 27.2. The van der Waals surface area contributed by atoms with E-state index in [1.54, 1.807) is 48.5 Å². The van der Waals surface area contributed by atoms with Crippen LogP contribution in [0.5, 0.6) is 0 Å². The average Bonchev–Trinajstić information content (AvgIpc) is 2.79. The van der Waals surface area contributed by atoms with Crippen LogP contribution in [-0.4, -0.2) is 43.7 Å². The van der Waals surface area contributed by atoms with E-state index in [9.17, 15) is 18.0 Å². The van der Waals surface area contributed by atoms with Gasteiger partial charge in [0.25, 0.3) is 5.91 Å². The van der Waals surface area contributed by atoms with Gasteiger partial charge >= 0.3 is 0 Å². The normalized spacial score (nSPS) is 16.3. The van der Waals surface area contributed by atoms with Gasteiger partial charge in [0.2, 0.25) is 15.9 Å². The Morgan fingerprint density at radius 1 is 1.06 bits per heavy atom. The zero-order chi connectivity index (χ0) is 23.3. The molecule has 0 spiro atoms. The smallest absolute Gasteiger partial charge is 0.253 e. The first-order valence-corrected chi connectivity index (χ1v) is 12.4. The number of hydrogen-bond acceptors (Lipinski definition) is 4. The Balaban J connectivity index is 1.63. The molecule has 0 saturated carbocycles. The number of sulfonamides is 1. The van der Waals surface area contributed by atoms with Crippen molar-refractivity contribution >= 4 is 27.5 Å². The van der Waals surface area contributed by atoms with Crippen LogP contribution in [0.1, 0.15) is 49.0 Å². The molecule has 1 aliphatic heterocycles. The van der Waals surface area contributed by atoms with Crippen LogP contribution in [0.3, 0.4) is 0 Å². The number of nitrogens with one attached hydrogen (secondary N) is 2. The lowest BCUT2D eigenvalue weighted by molar-refractivity contribution is -0.120. The molecule has 2 aromatic rings. The van der Waals surface area contributed by atoms with Gasteiger partial charge in [-0.3, -0.25) is 9.59 Å². The molecule has 1 heterocycles. The minimum atomic E-state index is -3.57. The summed E-state index contributed by atoms with van der Waals surface area (Å²) in [5, 5.41) is 5.79. The lowest BCUT2D eigenvalue weighted by Gasteiger charge is -2.30. The van der Waals surface area contributed by atoms with Crippen molar-refractivity contribution < 1.29 is 18.0 Å². The van der Waals surface area contributed by atoms with Crippen molar-refractivity contribution in [2.24, 2.45) is 5.92 Å². The van der Waals surface area contributed by atoms with Crippen molar-refractivity contribution in [3.8, 4) is 0 Å². The lowest BCUT2D eigenvalue weighted by atomic mass is 9.97. The van der Waals surface area contributed by atoms with E-state index in [0.717, 1.165) is 12.0 Å². The molecule has 1 unspecified atom stereocenters. The third-order valence-corrected chi connectivity index (χ3v) is 7.82. The quantitative estimate of drug-likeness (QED) is 0.665. The molecule has 0 aromatic heterocycles. The molecule has 1 aliphatic rings. The van der Waals surface area contributed by atoms with Gasteiger partial charge in [0.1, 0.15) is 0 Å². The summed E-state index contributed by atoms with van der Waals surface area (Å²) in [5.74, 6) is -0.736. The number of hydrogen-bond donors (Lipinski definition) is 2. The van der Waals surface area contributed by atoms with E-state index in [1.165, 1.54) is 4.31 Å². The van der Waals surface area contributed by atoms with Crippen molar-refractivity contribution in [3.63, 3.8) is 0 Å². The van der Waals surface area contributed by atoms with Gasteiger partial charge in [0.05, 0.1) is 16.1 Å². The van der Waals surface area contributed by atoms with E-state index in [1.807, 2.05) is 20.8 Å². The van der Waals surface area contributed by atoms with Crippen molar-refractivity contribution in [2.45, 2.75) is 51.0 Å². The number of amides is 2. The summed E-state index contributed by atoms with van der Waals surface area (Å²) in [6.07, 6.45) is 1.67. The van der Waals surface area contributed by atoms with E-state index < -0.39 is 10.0 Å².